The molecule has 0 fully saturated rings. The molecular formula is C21H22N4. The predicted octanol–water partition coefficient (Wildman–Crippen LogP) is 4.66. The van der Waals surface area contributed by atoms with E-state index in [1.807, 2.05) is 36.4 Å². The summed E-state index contributed by atoms with van der Waals surface area (Å²) in [6.07, 6.45) is 1.79. The molecule has 126 valence electrons. The van der Waals surface area contributed by atoms with Crippen LogP contribution in [-0.4, -0.2) is 16.5 Å². The van der Waals surface area contributed by atoms with Gasteiger partial charge in [-0.3, -0.25) is 0 Å². The summed E-state index contributed by atoms with van der Waals surface area (Å²) >= 11 is 0. The molecule has 1 aromatic heterocycles. The van der Waals surface area contributed by atoms with E-state index in [9.17, 15) is 0 Å². The molecule has 0 unspecified atom stereocenters. The molecular weight excluding hydrogens is 308 g/mol. The van der Waals surface area contributed by atoms with Gasteiger partial charge in [0.15, 0.2) is 0 Å². The van der Waals surface area contributed by atoms with Crippen LogP contribution in [0.5, 0.6) is 0 Å². The number of rotatable bonds is 7. The van der Waals surface area contributed by atoms with Crippen molar-refractivity contribution in [1.29, 1.82) is 0 Å². The van der Waals surface area contributed by atoms with Crippen molar-refractivity contribution in [2.24, 2.45) is 0 Å². The van der Waals surface area contributed by atoms with E-state index in [-0.39, 0.29) is 0 Å². The van der Waals surface area contributed by atoms with Crippen LogP contribution >= 0.6 is 0 Å². The fraction of sp³-hybridized carbons (Fsp3) is 0.143. The van der Waals surface area contributed by atoms with Crippen molar-refractivity contribution >= 4 is 11.8 Å². The highest BCUT2D eigenvalue weighted by Gasteiger charge is 2.06. The lowest BCUT2D eigenvalue weighted by atomic mass is 10.1. The molecule has 0 amide bonds. The number of aryl methyl sites for hydroxylation is 1. The van der Waals surface area contributed by atoms with Crippen LogP contribution in [0.4, 0.5) is 11.8 Å². The highest BCUT2D eigenvalue weighted by Crippen LogP contribution is 2.21. The van der Waals surface area contributed by atoms with Gasteiger partial charge in [0.05, 0.1) is 5.69 Å². The Balaban J connectivity index is 1.83. The van der Waals surface area contributed by atoms with E-state index in [1.54, 1.807) is 6.08 Å². The number of nitrogens with one attached hydrogen (secondary N) is 2. The fourth-order valence-corrected chi connectivity index (χ4v) is 2.44. The number of hydrogen-bond donors (Lipinski definition) is 2. The van der Waals surface area contributed by atoms with Crippen molar-refractivity contribution in [1.82, 2.24) is 9.97 Å². The molecule has 4 heteroatoms. The number of hydrogen-bond acceptors (Lipinski definition) is 4. The van der Waals surface area contributed by atoms with Gasteiger partial charge in [-0.05, 0) is 12.5 Å². The summed E-state index contributed by atoms with van der Waals surface area (Å²) in [4.78, 5) is 9.15. The van der Waals surface area contributed by atoms with Crippen LogP contribution in [0.15, 0.2) is 73.3 Å². The Morgan fingerprint density at radius 1 is 0.960 bits per heavy atom. The van der Waals surface area contributed by atoms with Crippen molar-refractivity contribution in [3.8, 4) is 11.3 Å². The third-order valence-corrected chi connectivity index (χ3v) is 3.79. The Morgan fingerprint density at radius 3 is 2.44 bits per heavy atom. The van der Waals surface area contributed by atoms with Gasteiger partial charge in [0.2, 0.25) is 5.95 Å². The lowest BCUT2D eigenvalue weighted by Crippen LogP contribution is -2.08. The summed E-state index contributed by atoms with van der Waals surface area (Å²) in [5, 5.41) is 6.56. The molecule has 1 heterocycles. The van der Waals surface area contributed by atoms with Crippen molar-refractivity contribution in [2.45, 2.75) is 13.5 Å². The van der Waals surface area contributed by atoms with E-state index in [2.05, 4.69) is 58.4 Å². The van der Waals surface area contributed by atoms with Gasteiger partial charge in [-0.15, -0.1) is 6.58 Å². The first-order valence-corrected chi connectivity index (χ1v) is 8.33. The Morgan fingerprint density at radius 2 is 1.72 bits per heavy atom. The van der Waals surface area contributed by atoms with Gasteiger partial charge in [-0.25, -0.2) is 4.98 Å². The molecule has 3 aromatic rings. The van der Waals surface area contributed by atoms with Crippen LogP contribution in [0.3, 0.4) is 0 Å². The molecule has 0 aliphatic heterocycles. The summed E-state index contributed by atoms with van der Waals surface area (Å²) < 4.78 is 0. The summed E-state index contributed by atoms with van der Waals surface area (Å²) in [6.45, 7) is 7.15. The molecule has 0 radical (unpaired) electrons. The maximum absolute atomic E-state index is 4.60. The number of anilines is 2. The molecule has 4 nitrogen and oxygen atoms in total. The van der Waals surface area contributed by atoms with E-state index >= 15 is 0 Å². The zero-order valence-electron chi connectivity index (χ0n) is 14.4. The van der Waals surface area contributed by atoms with Gasteiger partial charge in [-0.1, -0.05) is 66.2 Å². The van der Waals surface area contributed by atoms with E-state index in [0.29, 0.717) is 19.0 Å². The second-order valence-corrected chi connectivity index (χ2v) is 5.84. The quantitative estimate of drug-likeness (QED) is 0.619. The van der Waals surface area contributed by atoms with Gasteiger partial charge in [-0.2, -0.15) is 4.98 Å². The van der Waals surface area contributed by atoms with E-state index in [0.717, 1.165) is 17.1 Å². The molecule has 0 aliphatic carbocycles. The number of benzene rings is 2. The Bertz CT molecular complexity index is 826. The van der Waals surface area contributed by atoms with Crippen molar-refractivity contribution < 1.29 is 0 Å². The molecule has 25 heavy (non-hydrogen) atoms. The number of nitrogens with zero attached hydrogens (tertiary/aromatic N) is 2. The first kappa shape index (κ1) is 16.7. The molecule has 0 saturated heterocycles. The molecule has 2 aromatic carbocycles. The maximum Gasteiger partial charge on any atom is 0.225 e. The van der Waals surface area contributed by atoms with Crippen LogP contribution in [0, 0.1) is 6.92 Å². The van der Waals surface area contributed by atoms with Crippen LogP contribution in [0.1, 0.15) is 11.1 Å². The molecule has 0 bridgehead atoms. The lowest BCUT2D eigenvalue weighted by Gasteiger charge is -2.11. The first-order chi connectivity index (χ1) is 12.2. The Labute approximate surface area is 148 Å². The molecule has 0 aliphatic rings. The van der Waals surface area contributed by atoms with Crippen molar-refractivity contribution in [2.75, 3.05) is 17.2 Å². The van der Waals surface area contributed by atoms with Crippen LogP contribution in [0.25, 0.3) is 11.3 Å². The van der Waals surface area contributed by atoms with Gasteiger partial charge in [0, 0.05) is 24.7 Å². The summed E-state index contributed by atoms with van der Waals surface area (Å²) in [6, 6.07) is 20.6. The average molecular weight is 330 g/mol. The van der Waals surface area contributed by atoms with Crippen LogP contribution in [-0.2, 0) is 6.54 Å². The SMILES string of the molecule is C=CCNc1nc(NCc2ccc(C)cc2)cc(-c2ccccc2)n1. The standard InChI is InChI=1S/C21H22N4/c1-3-13-22-21-24-19(18-7-5-4-6-8-18)14-20(25-21)23-15-17-11-9-16(2)10-12-17/h3-12,14H,1,13,15H2,2H3,(H2,22,23,24,25). The van der Waals surface area contributed by atoms with Crippen LogP contribution in [0.2, 0.25) is 0 Å². The largest absolute Gasteiger partial charge is 0.366 e. The maximum atomic E-state index is 4.60. The predicted molar refractivity (Wildman–Crippen MR) is 105 cm³/mol. The zero-order valence-corrected chi connectivity index (χ0v) is 14.4. The zero-order chi connectivity index (χ0) is 17.5. The second kappa shape index (κ2) is 8.11. The summed E-state index contributed by atoms with van der Waals surface area (Å²) in [5.74, 6) is 1.38. The molecule has 2 N–H and O–H groups in total. The van der Waals surface area contributed by atoms with Gasteiger partial charge in [0.25, 0.3) is 0 Å². The molecule has 0 spiro atoms. The smallest absolute Gasteiger partial charge is 0.225 e. The highest BCUT2D eigenvalue weighted by atomic mass is 15.1. The third-order valence-electron chi connectivity index (χ3n) is 3.79. The minimum atomic E-state index is 0.590. The third kappa shape index (κ3) is 4.67. The van der Waals surface area contributed by atoms with Crippen molar-refractivity contribution in [3.63, 3.8) is 0 Å². The highest BCUT2D eigenvalue weighted by molar-refractivity contribution is 5.64. The summed E-state index contributed by atoms with van der Waals surface area (Å²) in [7, 11) is 0. The molecule has 3 rings (SSSR count). The minimum Gasteiger partial charge on any atom is -0.366 e. The van der Waals surface area contributed by atoms with Gasteiger partial charge in [0.1, 0.15) is 5.82 Å². The topological polar surface area (TPSA) is 49.8 Å². The first-order valence-electron chi connectivity index (χ1n) is 8.33. The van der Waals surface area contributed by atoms with Gasteiger partial charge < -0.3 is 10.6 Å². The minimum absolute atomic E-state index is 0.590. The fourth-order valence-electron chi connectivity index (χ4n) is 2.44. The van der Waals surface area contributed by atoms with Crippen molar-refractivity contribution in [3.05, 3.63) is 84.4 Å². The normalized spacial score (nSPS) is 10.3. The number of aromatic nitrogens is 2. The van der Waals surface area contributed by atoms with E-state index in [1.165, 1.54) is 11.1 Å². The Hall–Kier alpha value is -3.14. The molecule has 0 atom stereocenters. The monoisotopic (exact) mass is 330 g/mol. The van der Waals surface area contributed by atoms with Crippen LogP contribution < -0.4 is 10.6 Å². The molecule has 0 saturated carbocycles. The second-order valence-electron chi connectivity index (χ2n) is 5.84. The Kier molecular flexibility index (Phi) is 5.42. The van der Waals surface area contributed by atoms with E-state index < -0.39 is 0 Å². The summed E-state index contributed by atoms with van der Waals surface area (Å²) in [5.41, 5.74) is 4.41. The van der Waals surface area contributed by atoms with E-state index in [4.69, 9.17) is 0 Å². The van der Waals surface area contributed by atoms with Gasteiger partial charge >= 0.3 is 0 Å². The average Bonchev–Trinajstić information content (AvgIpc) is 2.66. The lowest BCUT2D eigenvalue weighted by molar-refractivity contribution is 1.07.